The Balaban J connectivity index is 2.23. The van der Waals surface area contributed by atoms with E-state index in [2.05, 4.69) is 20.4 Å². The van der Waals surface area contributed by atoms with Gasteiger partial charge in [0.15, 0.2) is 0 Å². The second-order valence-electron chi connectivity index (χ2n) is 5.87. The molecule has 0 bridgehead atoms. The van der Waals surface area contributed by atoms with Crippen LogP contribution >= 0.6 is 8.03 Å². The Morgan fingerprint density at radius 2 is 1.50 bits per heavy atom. The Morgan fingerprint density at radius 3 is 1.95 bits per heavy atom. The van der Waals surface area contributed by atoms with Crippen LogP contribution in [0.2, 0.25) is 0 Å². The van der Waals surface area contributed by atoms with Gasteiger partial charge in [0.25, 0.3) is 8.03 Å². The third kappa shape index (κ3) is 3.61. The number of hydrogen-bond donors (Lipinski definition) is 1. The summed E-state index contributed by atoms with van der Waals surface area (Å²) in [5.74, 6) is 0.838. The van der Waals surface area contributed by atoms with Gasteiger partial charge >= 0.3 is 0 Å². The Labute approximate surface area is 132 Å². The molecule has 3 nitrogen and oxygen atoms in total. The third-order valence-corrected chi connectivity index (χ3v) is 4.84. The summed E-state index contributed by atoms with van der Waals surface area (Å²) in [6, 6.07) is 14.8. The van der Waals surface area contributed by atoms with Crippen LogP contribution in [0, 0.1) is 0 Å². The van der Waals surface area contributed by atoms with Gasteiger partial charge in [0, 0.05) is 10.7 Å². The average molecular weight is 316 g/mol. The molecule has 0 saturated carbocycles. The summed E-state index contributed by atoms with van der Waals surface area (Å²) in [6.07, 6.45) is 0. The van der Waals surface area contributed by atoms with Crippen molar-refractivity contribution < 1.29 is 14.2 Å². The first-order valence-electron chi connectivity index (χ1n) is 7.08. The van der Waals surface area contributed by atoms with Crippen LogP contribution in [0.25, 0.3) is 0 Å². The fourth-order valence-corrected chi connectivity index (χ4v) is 2.70. The molecule has 2 aromatic rings. The lowest BCUT2D eigenvalue weighted by atomic mass is 9.78. The Morgan fingerprint density at radius 1 is 1.05 bits per heavy atom. The number of hydrogen-bond acceptors (Lipinski definition) is 3. The van der Waals surface area contributed by atoms with E-state index < -0.39 is 8.03 Å². The number of phenolic OH excluding ortho intramolecular Hbond substituents is 1. The predicted molar refractivity (Wildman–Crippen MR) is 91.1 cm³/mol. The molecule has 0 saturated heterocycles. The van der Waals surface area contributed by atoms with Gasteiger partial charge in [0.2, 0.25) is 0 Å². The van der Waals surface area contributed by atoms with Crippen LogP contribution in [-0.4, -0.2) is 5.11 Å². The van der Waals surface area contributed by atoms with Crippen molar-refractivity contribution in [3.05, 3.63) is 71.6 Å². The summed E-state index contributed by atoms with van der Waals surface area (Å²) in [6.45, 7) is 9.57. The maximum Gasteiger partial charge on any atom is 0.261 e. The van der Waals surface area contributed by atoms with Crippen LogP contribution < -0.4 is 4.52 Å². The van der Waals surface area contributed by atoms with Gasteiger partial charge in [-0.25, -0.2) is 0 Å². The highest BCUT2D eigenvalue weighted by Gasteiger charge is 2.23. The first-order valence-corrected chi connectivity index (χ1v) is 8.40. The lowest BCUT2D eigenvalue weighted by Crippen LogP contribution is -2.18. The van der Waals surface area contributed by atoms with Crippen LogP contribution in [-0.2, 0) is 9.98 Å². The summed E-state index contributed by atoms with van der Waals surface area (Å²) >= 11 is 0. The molecule has 0 radical (unpaired) electrons. The minimum Gasteiger partial charge on any atom is -0.508 e. The number of allylic oxidation sites excluding steroid dienone is 1. The number of phenols is 1. The van der Waals surface area contributed by atoms with E-state index in [9.17, 15) is 9.67 Å². The molecule has 0 amide bonds. The topological polar surface area (TPSA) is 46.5 Å². The van der Waals surface area contributed by atoms with Gasteiger partial charge in [-0.05, 0) is 42.3 Å². The van der Waals surface area contributed by atoms with E-state index in [1.807, 2.05) is 36.4 Å². The number of benzene rings is 2. The molecule has 116 valence electrons. The number of aromatic hydroxyl groups is 1. The molecule has 0 aliphatic heterocycles. The highest BCUT2D eigenvalue weighted by molar-refractivity contribution is 7.44. The molecule has 0 aliphatic carbocycles. The molecule has 0 heterocycles. The monoisotopic (exact) mass is 316 g/mol. The summed E-state index contributed by atoms with van der Waals surface area (Å²) in [7, 11) is -2.24. The Hall–Kier alpha value is -1.99. The molecule has 4 heteroatoms. The largest absolute Gasteiger partial charge is 0.508 e. The van der Waals surface area contributed by atoms with Crippen LogP contribution in [0.3, 0.4) is 0 Å². The summed E-state index contributed by atoms with van der Waals surface area (Å²) in [5, 5.41) is 9.96. The molecule has 1 atom stereocenters. The van der Waals surface area contributed by atoms with E-state index in [-0.39, 0.29) is 11.2 Å². The third-order valence-electron chi connectivity index (χ3n) is 3.72. The predicted octanol–water partition coefficient (Wildman–Crippen LogP) is 5.11. The lowest BCUT2D eigenvalue weighted by Gasteiger charge is -2.26. The zero-order valence-electron chi connectivity index (χ0n) is 13.1. The van der Waals surface area contributed by atoms with Crippen molar-refractivity contribution in [3.8, 4) is 11.5 Å². The molecule has 2 aromatic carbocycles. The van der Waals surface area contributed by atoms with E-state index in [0.717, 1.165) is 11.1 Å². The van der Waals surface area contributed by atoms with Crippen molar-refractivity contribution in [1.29, 1.82) is 0 Å². The van der Waals surface area contributed by atoms with Crippen molar-refractivity contribution in [2.24, 2.45) is 0 Å². The average Bonchev–Trinajstić information content (AvgIpc) is 2.48. The maximum atomic E-state index is 11.7. The fraction of sp³-hybridized carbons (Fsp3) is 0.222. The molecule has 1 N–H and O–H groups in total. The highest BCUT2D eigenvalue weighted by atomic mass is 31.1. The van der Waals surface area contributed by atoms with Crippen LogP contribution in [0.1, 0.15) is 31.9 Å². The van der Waals surface area contributed by atoms with Crippen LogP contribution in [0.15, 0.2) is 60.4 Å². The molecular weight excluding hydrogens is 295 g/mol. The number of rotatable bonds is 5. The molecule has 0 spiro atoms. The molecule has 0 fully saturated rings. The maximum absolute atomic E-state index is 11.7. The second-order valence-corrected chi connectivity index (χ2v) is 7.50. The van der Waals surface area contributed by atoms with Gasteiger partial charge in [0.1, 0.15) is 11.5 Å². The lowest BCUT2D eigenvalue weighted by molar-refractivity contribution is 0.474. The zero-order valence-corrected chi connectivity index (χ0v) is 14.1. The zero-order chi connectivity index (χ0) is 16.3. The SMILES string of the molecule is C=C(C)[PH](=O)Oc1ccc(C(C)(C)c2ccc(O)cc2)cc1. The minimum absolute atomic E-state index is 0.203. The van der Waals surface area contributed by atoms with Crippen LogP contribution in [0.5, 0.6) is 11.5 Å². The van der Waals surface area contributed by atoms with Gasteiger partial charge in [-0.1, -0.05) is 44.7 Å². The van der Waals surface area contributed by atoms with E-state index >= 15 is 0 Å². The van der Waals surface area contributed by atoms with Gasteiger partial charge in [-0.2, -0.15) is 0 Å². The smallest absolute Gasteiger partial charge is 0.261 e. The van der Waals surface area contributed by atoms with Crippen molar-refractivity contribution in [3.63, 3.8) is 0 Å². The summed E-state index contributed by atoms with van der Waals surface area (Å²) in [5.41, 5.74) is 2.02. The normalized spacial score (nSPS) is 12.7. The summed E-state index contributed by atoms with van der Waals surface area (Å²) in [4.78, 5) is 0. The Bertz CT molecular complexity index is 685. The van der Waals surface area contributed by atoms with Crippen molar-refractivity contribution in [1.82, 2.24) is 0 Å². The van der Waals surface area contributed by atoms with Crippen LogP contribution in [0.4, 0.5) is 0 Å². The van der Waals surface area contributed by atoms with E-state index in [0.29, 0.717) is 11.1 Å². The van der Waals surface area contributed by atoms with E-state index in [1.165, 1.54) is 0 Å². The fourth-order valence-electron chi connectivity index (χ4n) is 2.18. The van der Waals surface area contributed by atoms with Gasteiger partial charge in [0.05, 0.1) is 0 Å². The highest BCUT2D eigenvalue weighted by Crippen LogP contribution is 2.36. The molecular formula is C18H21O3P. The quantitative estimate of drug-likeness (QED) is 0.780. The molecule has 1 unspecified atom stereocenters. The molecule has 2 rings (SSSR count). The first-order chi connectivity index (χ1) is 10.3. The Kier molecular flexibility index (Phi) is 4.77. The summed E-state index contributed by atoms with van der Waals surface area (Å²) < 4.78 is 17.1. The van der Waals surface area contributed by atoms with Gasteiger partial charge < -0.3 is 9.63 Å². The molecule has 0 aliphatic rings. The first kappa shape index (κ1) is 16.4. The van der Waals surface area contributed by atoms with Gasteiger partial charge in [-0.15, -0.1) is 0 Å². The molecule has 22 heavy (non-hydrogen) atoms. The second kappa shape index (κ2) is 6.41. The molecule has 0 aromatic heterocycles. The van der Waals surface area contributed by atoms with E-state index in [4.69, 9.17) is 4.52 Å². The minimum atomic E-state index is -2.24. The van der Waals surface area contributed by atoms with Crippen molar-refractivity contribution in [2.75, 3.05) is 0 Å². The van der Waals surface area contributed by atoms with Crippen molar-refractivity contribution in [2.45, 2.75) is 26.2 Å². The van der Waals surface area contributed by atoms with Gasteiger partial charge in [-0.3, -0.25) is 4.57 Å². The van der Waals surface area contributed by atoms with E-state index in [1.54, 1.807) is 19.1 Å². The van der Waals surface area contributed by atoms with Crippen molar-refractivity contribution >= 4 is 8.03 Å². The standard InChI is InChI=1S/C18H21O3P/c1-13(2)22(20)21-17-11-7-15(8-12-17)18(3,4)14-5-9-16(19)10-6-14/h5-12,19,22H,1H2,2-4H3.